The molecule has 0 atom stereocenters. The Balaban J connectivity index is 3.84. The molecule has 0 saturated carbocycles. The van der Waals surface area contributed by atoms with E-state index in [4.69, 9.17) is 19.8 Å². The lowest BCUT2D eigenvalue weighted by Crippen LogP contribution is -2.18. The maximum atomic E-state index is 11.4. The van der Waals surface area contributed by atoms with Crippen LogP contribution in [0.25, 0.3) is 0 Å². The molecule has 10 heteroatoms. The van der Waals surface area contributed by atoms with Crippen LogP contribution in [0.15, 0.2) is 21.9 Å². The highest BCUT2D eigenvalue weighted by Gasteiger charge is 2.25. The molecule has 0 aromatic heterocycles. The summed E-state index contributed by atoms with van der Waals surface area (Å²) in [5.74, 6) is -0.468. The number of hydrogen-bond acceptors (Lipinski definition) is 6. The zero-order valence-electron chi connectivity index (χ0n) is 9.58. The fourth-order valence-corrected chi connectivity index (χ4v) is 2.82. The zero-order valence-corrected chi connectivity index (χ0v) is 11.2. The SMILES string of the molecule is COc1cc(S(N)(=O)=O)c(OC)c(S(N)(=O)=O)c1. The third-order valence-electron chi connectivity index (χ3n) is 2.05. The Morgan fingerprint density at radius 1 is 0.889 bits per heavy atom. The van der Waals surface area contributed by atoms with Crippen molar-refractivity contribution in [2.24, 2.45) is 10.3 Å². The third kappa shape index (κ3) is 2.90. The summed E-state index contributed by atoms with van der Waals surface area (Å²) < 4.78 is 55.0. The molecule has 1 aromatic carbocycles. The Morgan fingerprint density at radius 2 is 1.28 bits per heavy atom. The number of methoxy groups -OCH3 is 2. The van der Waals surface area contributed by atoms with Crippen LogP contribution in [0.2, 0.25) is 0 Å². The number of sulfonamides is 2. The minimum Gasteiger partial charge on any atom is -0.497 e. The van der Waals surface area contributed by atoms with Crippen LogP contribution in [0.1, 0.15) is 0 Å². The van der Waals surface area contributed by atoms with Crippen molar-refractivity contribution in [2.45, 2.75) is 9.79 Å². The predicted molar refractivity (Wildman–Crippen MR) is 62.3 cm³/mol. The molecule has 0 saturated heterocycles. The smallest absolute Gasteiger partial charge is 0.241 e. The molecule has 1 rings (SSSR count). The van der Waals surface area contributed by atoms with Gasteiger partial charge in [0.15, 0.2) is 5.75 Å². The molecular weight excluding hydrogens is 284 g/mol. The second-order valence-corrected chi connectivity index (χ2v) is 6.31. The van der Waals surface area contributed by atoms with Crippen LogP contribution >= 0.6 is 0 Å². The second-order valence-electron chi connectivity index (χ2n) is 3.25. The van der Waals surface area contributed by atoms with E-state index in [0.29, 0.717) is 0 Å². The molecule has 0 radical (unpaired) electrons. The Labute approximate surface area is 105 Å². The van der Waals surface area contributed by atoms with Crippen molar-refractivity contribution in [1.82, 2.24) is 0 Å². The lowest BCUT2D eigenvalue weighted by molar-refractivity contribution is 0.380. The summed E-state index contributed by atoms with van der Waals surface area (Å²) in [6.07, 6.45) is 0. The Morgan fingerprint density at radius 3 is 1.50 bits per heavy atom. The summed E-state index contributed by atoms with van der Waals surface area (Å²) in [5.41, 5.74) is 0. The van der Waals surface area contributed by atoms with Gasteiger partial charge in [-0.2, -0.15) is 0 Å². The molecule has 0 aliphatic heterocycles. The van der Waals surface area contributed by atoms with Crippen molar-refractivity contribution in [3.63, 3.8) is 0 Å². The summed E-state index contributed by atoms with van der Waals surface area (Å²) in [6.45, 7) is 0. The maximum absolute atomic E-state index is 11.4. The van der Waals surface area contributed by atoms with Crippen molar-refractivity contribution in [3.05, 3.63) is 12.1 Å². The van der Waals surface area contributed by atoms with Crippen LogP contribution in [0.4, 0.5) is 0 Å². The molecule has 0 amide bonds. The molecule has 0 bridgehead atoms. The van der Waals surface area contributed by atoms with Gasteiger partial charge in [0.25, 0.3) is 0 Å². The van der Waals surface area contributed by atoms with Crippen molar-refractivity contribution < 1.29 is 26.3 Å². The highest BCUT2D eigenvalue weighted by Crippen LogP contribution is 2.34. The minimum atomic E-state index is -4.19. The molecule has 8 nitrogen and oxygen atoms in total. The molecule has 0 unspecified atom stereocenters. The number of primary sulfonamides is 2. The minimum absolute atomic E-state index is 0.0242. The van der Waals surface area contributed by atoms with Gasteiger partial charge in [-0.25, -0.2) is 27.1 Å². The van der Waals surface area contributed by atoms with Gasteiger partial charge in [-0.15, -0.1) is 0 Å². The Hall–Kier alpha value is -1.36. The molecule has 0 heterocycles. The summed E-state index contributed by atoms with van der Waals surface area (Å²) in [5, 5.41) is 9.94. The van der Waals surface area contributed by atoms with Gasteiger partial charge in [0.1, 0.15) is 15.5 Å². The van der Waals surface area contributed by atoms with E-state index >= 15 is 0 Å². The van der Waals surface area contributed by atoms with Crippen molar-refractivity contribution in [1.29, 1.82) is 0 Å². The largest absolute Gasteiger partial charge is 0.497 e. The summed E-state index contributed by atoms with van der Waals surface area (Å²) >= 11 is 0. The quantitative estimate of drug-likeness (QED) is 0.730. The fraction of sp³-hybridized carbons (Fsp3) is 0.250. The Bertz CT molecular complexity index is 612. The topological polar surface area (TPSA) is 139 Å². The maximum Gasteiger partial charge on any atom is 0.241 e. The van der Waals surface area contributed by atoms with Crippen LogP contribution in [0.3, 0.4) is 0 Å². The number of nitrogens with two attached hydrogens (primary N) is 2. The van der Waals surface area contributed by atoms with Gasteiger partial charge in [0, 0.05) is 12.1 Å². The van der Waals surface area contributed by atoms with E-state index in [2.05, 4.69) is 0 Å². The lowest BCUT2D eigenvalue weighted by atomic mass is 10.3. The standard InChI is InChI=1S/C8H12N2O6S2/c1-15-5-3-6(17(9,11)12)8(16-2)7(4-5)18(10,13)14/h3-4H,1-2H3,(H2,9,11,12)(H2,10,13,14). The number of rotatable bonds is 4. The molecular formula is C8H12N2O6S2. The van der Waals surface area contributed by atoms with Crippen LogP contribution in [0.5, 0.6) is 11.5 Å². The first-order valence-electron chi connectivity index (χ1n) is 4.43. The molecule has 0 spiro atoms. The fourth-order valence-electron chi connectivity index (χ4n) is 1.29. The zero-order chi connectivity index (χ0) is 14.1. The van der Waals surface area contributed by atoms with E-state index < -0.39 is 35.6 Å². The molecule has 1 aromatic rings. The first-order chi connectivity index (χ1) is 8.11. The molecule has 0 aliphatic carbocycles. The summed E-state index contributed by atoms with van der Waals surface area (Å²) in [4.78, 5) is -1.04. The van der Waals surface area contributed by atoms with Crippen LogP contribution in [-0.4, -0.2) is 31.1 Å². The monoisotopic (exact) mass is 296 g/mol. The lowest BCUT2D eigenvalue weighted by Gasteiger charge is -2.12. The van der Waals surface area contributed by atoms with Gasteiger partial charge in [-0.05, 0) is 0 Å². The van der Waals surface area contributed by atoms with E-state index in [9.17, 15) is 16.8 Å². The van der Waals surface area contributed by atoms with Crippen molar-refractivity contribution in [2.75, 3.05) is 14.2 Å². The van der Waals surface area contributed by atoms with Gasteiger partial charge in [0.05, 0.1) is 14.2 Å². The van der Waals surface area contributed by atoms with E-state index in [-0.39, 0.29) is 5.75 Å². The van der Waals surface area contributed by atoms with E-state index in [1.807, 2.05) is 0 Å². The molecule has 0 fully saturated rings. The van der Waals surface area contributed by atoms with Crippen LogP contribution in [-0.2, 0) is 20.0 Å². The van der Waals surface area contributed by atoms with Gasteiger partial charge < -0.3 is 9.47 Å². The van der Waals surface area contributed by atoms with Crippen LogP contribution < -0.4 is 19.8 Å². The van der Waals surface area contributed by atoms with Gasteiger partial charge in [0.2, 0.25) is 20.0 Å². The molecule has 0 aliphatic rings. The molecule has 18 heavy (non-hydrogen) atoms. The third-order valence-corrected chi connectivity index (χ3v) is 3.88. The average molecular weight is 296 g/mol. The first-order valence-corrected chi connectivity index (χ1v) is 7.52. The highest BCUT2D eigenvalue weighted by molar-refractivity contribution is 7.90. The number of ether oxygens (including phenoxy) is 2. The highest BCUT2D eigenvalue weighted by atomic mass is 32.2. The molecule has 4 N–H and O–H groups in total. The van der Waals surface area contributed by atoms with Gasteiger partial charge >= 0.3 is 0 Å². The summed E-state index contributed by atoms with van der Waals surface area (Å²) in [6, 6.07) is 2.09. The van der Waals surface area contributed by atoms with Gasteiger partial charge in [-0.1, -0.05) is 0 Å². The number of benzene rings is 1. The van der Waals surface area contributed by atoms with E-state index in [1.165, 1.54) is 7.11 Å². The molecule has 102 valence electrons. The normalized spacial score (nSPS) is 12.2. The van der Waals surface area contributed by atoms with Crippen molar-refractivity contribution >= 4 is 20.0 Å². The average Bonchev–Trinajstić information content (AvgIpc) is 2.24. The first kappa shape index (κ1) is 14.7. The van der Waals surface area contributed by atoms with Gasteiger partial charge in [-0.3, -0.25) is 0 Å². The predicted octanol–water partition coefficient (Wildman–Crippen LogP) is -1.00. The Kier molecular flexibility index (Phi) is 3.86. The summed E-state index contributed by atoms with van der Waals surface area (Å²) in [7, 11) is -6.03. The van der Waals surface area contributed by atoms with E-state index in [1.54, 1.807) is 0 Å². The van der Waals surface area contributed by atoms with Crippen LogP contribution in [0, 0.1) is 0 Å². The second kappa shape index (κ2) is 4.72. The van der Waals surface area contributed by atoms with E-state index in [0.717, 1.165) is 19.2 Å². The van der Waals surface area contributed by atoms with Crippen molar-refractivity contribution in [3.8, 4) is 11.5 Å². The number of hydrogen-bond donors (Lipinski definition) is 2.